The van der Waals surface area contributed by atoms with Crippen LogP contribution in [-0.2, 0) is 22.7 Å². The Hall–Kier alpha value is -2.53. The standard InChI is InChI=1S/C20H23ClN2O3/c1-14(2)18(19(24)22-12-16-10-6-7-11-17(16)21)23-20(25)26-13-15-8-4-3-5-9-15/h3-11,14,18H,12-13H2,1-2H3,(H,22,24)(H,23,25). The maximum atomic E-state index is 12.5. The van der Waals surface area contributed by atoms with Crippen LogP contribution in [0.4, 0.5) is 4.79 Å². The number of hydrogen-bond donors (Lipinski definition) is 2. The Bertz CT molecular complexity index is 735. The van der Waals surface area contributed by atoms with Gasteiger partial charge in [-0.15, -0.1) is 0 Å². The topological polar surface area (TPSA) is 67.4 Å². The first kappa shape index (κ1) is 19.8. The number of ether oxygens (including phenoxy) is 1. The highest BCUT2D eigenvalue weighted by molar-refractivity contribution is 6.31. The minimum atomic E-state index is -0.694. The Kier molecular flexibility index (Phi) is 7.48. The number of carbonyl (C=O) groups is 2. The van der Waals surface area contributed by atoms with Crippen molar-refractivity contribution < 1.29 is 14.3 Å². The van der Waals surface area contributed by atoms with E-state index in [1.165, 1.54) is 0 Å². The molecule has 0 saturated heterocycles. The lowest BCUT2D eigenvalue weighted by Gasteiger charge is -2.21. The summed E-state index contributed by atoms with van der Waals surface area (Å²) < 4.78 is 5.19. The van der Waals surface area contributed by atoms with Crippen LogP contribution in [0.3, 0.4) is 0 Å². The summed E-state index contributed by atoms with van der Waals surface area (Å²) >= 11 is 6.09. The van der Waals surface area contributed by atoms with Crippen molar-refractivity contribution in [2.45, 2.75) is 33.0 Å². The van der Waals surface area contributed by atoms with Crippen molar-refractivity contribution in [3.05, 3.63) is 70.7 Å². The second-order valence-electron chi connectivity index (χ2n) is 6.24. The van der Waals surface area contributed by atoms with Crippen molar-refractivity contribution >= 4 is 23.6 Å². The number of hydrogen-bond acceptors (Lipinski definition) is 3. The Morgan fingerprint density at radius 2 is 1.69 bits per heavy atom. The molecule has 26 heavy (non-hydrogen) atoms. The molecule has 0 bridgehead atoms. The number of amides is 2. The molecule has 0 saturated carbocycles. The van der Waals surface area contributed by atoms with Crippen molar-refractivity contribution in [2.75, 3.05) is 0 Å². The molecule has 2 amide bonds. The highest BCUT2D eigenvalue weighted by Crippen LogP contribution is 2.14. The average Bonchev–Trinajstić information content (AvgIpc) is 2.64. The van der Waals surface area contributed by atoms with E-state index in [4.69, 9.17) is 16.3 Å². The monoisotopic (exact) mass is 374 g/mol. The van der Waals surface area contributed by atoms with Gasteiger partial charge in [0.25, 0.3) is 0 Å². The summed E-state index contributed by atoms with van der Waals surface area (Å²) in [6.45, 7) is 4.16. The van der Waals surface area contributed by atoms with E-state index in [1.807, 2.05) is 62.4 Å². The van der Waals surface area contributed by atoms with Gasteiger partial charge in [0.1, 0.15) is 12.6 Å². The zero-order chi connectivity index (χ0) is 18.9. The van der Waals surface area contributed by atoms with Gasteiger partial charge in [0.2, 0.25) is 5.91 Å². The molecule has 2 aromatic rings. The van der Waals surface area contributed by atoms with E-state index >= 15 is 0 Å². The smallest absolute Gasteiger partial charge is 0.408 e. The quantitative estimate of drug-likeness (QED) is 0.772. The SMILES string of the molecule is CC(C)C(NC(=O)OCc1ccccc1)C(=O)NCc1ccccc1Cl. The molecule has 5 nitrogen and oxygen atoms in total. The van der Waals surface area contributed by atoms with Crippen LogP contribution in [0.5, 0.6) is 0 Å². The Labute approximate surface area is 158 Å². The van der Waals surface area contributed by atoms with Crippen LogP contribution in [0, 0.1) is 5.92 Å². The van der Waals surface area contributed by atoms with Crippen molar-refractivity contribution in [1.29, 1.82) is 0 Å². The molecule has 2 N–H and O–H groups in total. The van der Waals surface area contributed by atoms with Crippen molar-refractivity contribution in [2.24, 2.45) is 5.92 Å². The first-order valence-electron chi connectivity index (χ1n) is 8.45. The molecule has 0 radical (unpaired) electrons. The zero-order valence-corrected chi connectivity index (χ0v) is 15.6. The van der Waals surface area contributed by atoms with E-state index in [0.717, 1.165) is 11.1 Å². The van der Waals surface area contributed by atoms with Gasteiger partial charge >= 0.3 is 6.09 Å². The largest absolute Gasteiger partial charge is 0.445 e. The highest BCUT2D eigenvalue weighted by Gasteiger charge is 2.24. The van der Waals surface area contributed by atoms with Crippen LogP contribution in [0.1, 0.15) is 25.0 Å². The molecule has 1 atom stereocenters. The lowest BCUT2D eigenvalue weighted by molar-refractivity contribution is -0.124. The Morgan fingerprint density at radius 3 is 2.35 bits per heavy atom. The third-order valence-corrected chi connectivity index (χ3v) is 4.21. The van der Waals surface area contributed by atoms with E-state index in [-0.39, 0.29) is 18.4 Å². The summed E-state index contributed by atoms with van der Waals surface area (Å²) in [5.41, 5.74) is 1.70. The number of carbonyl (C=O) groups excluding carboxylic acids is 2. The number of rotatable bonds is 7. The molecule has 0 fully saturated rings. The zero-order valence-electron chi connectivity index (χ0n) is 14.9. The molecule has 2 rings (SSSR count). The van der Waals surface area contributed by atoms with Crippen LogP contribution < -0.4 is 10.6 Å². The van der Waals surface area contributed by atoms with E-state index in [0.29, 0.717) is 11.6 Å². The maximum absolute atomic E-state index is 12.5. The van der Waals surface area contributed by atoms with Crippen LogP contribution in [0.25, 0.3) is 0 Å². The van der Waals surface area contributed by atoms with Crippen molar-refractivity contribution in [3.8, 4) is 0 Å². The summed E-state index contributed by atoms with van der Waals surface area (Å²) in [5, 5.41) is 6.03. The molecule has 6 heteroatoms. The molecule has 1 unspecified atom stereocenters. The first-order valence-corrected chi connectivity index (χ1v) is 8.83. The van der Waals surface area contributed by atoms with E-state index in [1.54, 1.807) is 6.07 Å². The third kappa shape index (κ3) is 6.08. The lowest BCUT2D eigenvalue weighted by atomic mass is 10.0. The predicted octanol–water partition coefficient (Wildman–Crippen LogP) is 3.91. The summed E-state index contributed by atoms with van der Waals surface area (Å²) in [6.07, 6.45) is -0.625. The van der Waals surface area contributed by atoms with Crippen molar-refractivity contribution in [1.82, 2.24) is 10.6 Å². The summed E-state index contributed by atoms with van der Waals surface area (Å²) in [4.78, 5) is 24.5. The fourth-order valence-corrected chi connectivity index (χ4v) is 2.56. The minimum absolute atomic E-state index is 0.0921. The molecule has 0 aliphatic carbocycles. The first-order chi connectivity index (χ1) is 12.5. The van der Waals surface area contributed by atoms with Gasteiger partial charge in [0.05, 0.1) is 0 Å². The molecule has 0 aromatic heterocycles. The minimum Gasteiger partial charge on any atom is -0.445 e. The van der Waals surface area contributed by atoms with Gasteiger partial charge in [-0.2, -0.15) is 0 Å². The molecular weight excluding hydrogens is 352 g/mol. The van der Waals surface area contributed by atoms with E-state index in [9.17, 15) is 9.59 Å². The van der Waals surface area contributed by atoms with Gasteiger partial charge in [-0.1, -0.05) is 74.0 Å². The molecule has 0 aliphatic rings. The fraction of sp³-hybridized carbons (Fsp3) is 0.300. The third-order valence-electron chi connectivity index (χ3n) is 3.85. The summed E-state index contributed by atoms with van der Waals surface area (Å²) in [5.74, 6) is -0.373. The lowest BCUT2D eigenvalue weighted by Crippen LogP contribution is -2.49. The maximum Gasteiger partial charge on any atom is 0.408 e. The Morgan fingerprint density at radius 1 is 1.04 bits per heavy atom. The van der Waals surface area contributed by atoms with Crippen LogP contribution >= 0.6 is 11.6 Å². The molecule has 2 aromatic carbocycles. The van der Waals surface area contributed by atoms with E-state index in [2.05, 4.69) is 10.6 Å². The predicted molar refractivity (Wildman–Crippen MR) is 102 cm³/mol. The summed E-state index contributed by atoms with van der Waals surface area (Å²) in [6, 6.07) is 16.0. The van der Waals surface area contributed by atoms with Crippen LogP contribution in [-0.4, -0.2) is 18.0 Å². The molecule has 0 spiro atoms. The number of benzene rings is 2. The molecular formula is C20H23ClN2O3. The average molecular weight is 375 g/mol. The van der Waals surface area contributed by atoms with Crippen LogP contribution in [0.2, 0.25) is 5.02 Å². The van der Waals surface area contributed by atoms with Gasteiger partial charge in [-0.05, 0) is 23.1 Å². The fourth-order valence-electron chi connectivity index (χ4n) is 2.36. The Balaban J connectivity index is 1.87. The van der Waals surface area contributed by atoms with Gasteiger partial charge < -0.3 is 15.4 Å². The second kappa shape index (κ2) is 9.82. The van der Waals surface area contributed by atoms with Gasteiger partial charge in [-0.3, -0.25) is 4.79 Å². The molecule has 138 valence electrons. The second-order valence-corrected chi connectivity index (χ2v) is 6.64. The number of nitrogens with one attached hydrogen (secondary N) is 2. The highest BCUT2D eigenvalue weighted by atomic mass is 35.5. The van der Waals surface area contributed by atoms with Gasteiger partial charge in [-0.25, -0.2) is 4.79 Å². The number of alkyl carbamates (subject to hydrolysis) is 1. The van der Waals surface area contributed by atoms with Crippen molar-refractivity contribution in [3.63, 3.8) is 0 Å². The molecule has 0 heterocycles. The summed E-state index contributed by atoms with van der Waals surface area (Å²) in [7, 11) is 0. The normalized spacial score (nSPS) is 11.7. The van der Waals surface area contributed by atoms with Gasteiger partial charge in [0, 0.05) is 11.6 Å². The van der Waals surface area contributed by atoms with Crippen LogP contribution in [0.15, 0.2) is 54.6 Å². The number of halogens is 1. The van der Waals surface area contributed by atoms with Gasteiger partial charge in [0.15, 0.2) is 0 Å². The molecule has 0 aliphatic heterocycles. The van der Waals surface area contributed by atoms with E-state index < -0.39 is 12.1 Å².